The average Bonchev–Trinajstić information content (AvgIpc) is 3.16. The highest BCUT2D eigenvalue weighted by Gasteiger charge is 2.20. The Bertz CT molecular complexity index is 614. The van der Waals surface area contributed by atoms with Gasteiger partial charge in [0.15, 0.2) is 0 Å². The standard InChI is InChI=1S/C16H23N5O/c1-11-14(12(2)20-19-11)4-6-21(3)16-8-15(17-10-18-16)13-5-7-22-9-13/h8,10,13H,4-7,9H2,1-3H3,(H,19,20)/t13-/m0/s1. The molecule has 118 valence electrons. The molecule has 1 fully saturated rings. The van der Waals surface area contributed by atoms with Gasteiger partial charge in [0, 0.05) is 37.9 Å². The van der Waals surface area contributed by atoms with Crippen molar-refractivity contribution in [3.05, 3.63) is 35.0 Å². The minimum Gasteiger partial charge on any atom is -0.381 e. The highest BCUT2D eigenvalue weighted by Crippen LogP contribution is 2.25. The van der Waals surface area contributed by atoms with E-state index in [1.807, 2.05) is 6.92 Å². The quantitative estimate of drug-likeness (QED) is 0.915. The van der Waals surface area contributed by atoms with Gasteiger partial charge in [-0.15, -0.1) is 0 Å². The molecule has 22 heavy (non-hydrogen) atoms. The van der Waals surface area contributed by atoms with Crippen LogP contribution in [0.1, 0.15) is 35.0 Å². The molecule has 0 bridgehead atoms. The Morgan fingerprint density at radius 3 is 2.91 bits per heavy atom. The lowest BCUT2D eigenvalue weighted by Gasteiger charge is -2.19. The van der Waals surface area contributed by atoms with Crippen molar-refractivity contribution in [2.24, 2.45) is 0 Å². The highest BCUT2D eigenvalue weighted by molar-refractivity contribution is 5.39. The third kappa shape index (κ3) is 3.11. The number of H-pyrrole nitrogens is 1. The number of rotatable bonds is 5. The van der Waals surface area contributed by atoms with Crippen molar-refractivity contribution in [2.45, 2.75) is 32.6 Å². The summed E-state index contributed by atoms with van der Waals surface area (Å²) in [7, 11) is 2.07. The van der Waals surface area contributed by atoms with Gasteiger partial charge in [-0.2, -0.15) is 5.10 Å². The Morgan fingerprint density at radius 2 is 2.23 bits per heavy atom. The maximum atomic E-state index is 5.45. The zero-order chi connectivity index (χ0) is 15.5. The number of hydrogen-bond donors (Lipinski definition) is 1. The molecule has 2 aromatic heterocycles. The highest BCUT2D eigenvalue weighted by atomic mass is 16.5. The molecular weight excluding hydrogens is 278 g/mol. The first-order chi connectivity index (χ1) is 10.6. The fourth-order valence-corrected chi connectivity index (χ4v) is 2.90. The van der Waals surface area contributed by atoms with Crippen LogP contribution < -0.4 is 4.90 Å². The molecule has 0 aromatic carbocycles. The second-order valence-electron chi connectivity index (χ2n) is 5.95. The molecule has 0 radical (unpaired) electrons. The molecule has 0 unspecified atom stereocenters. The van der Waals surface area contributed by atoms with E-state index < -0.39 is 0 Å². The zero-order valence-electron chi connectivity index (χ0n) is 13.5. The van der Waals surface area contributed by atoms with Crippen LogP contribution in [0.3, 0.4) is 0 Å². The lowest BCUT2D eigenvalue weighted by Crippen LogP contribution is -2.22. The number of nitrogens with zero attached hydrogens (tertiary/aromatic N) is 4. The molecule has 6 heteroatoms. The van der Waals surface area contributed by atoms with E-state index in [9.17, 15) is 0 Å². The molecule has 0 aliphatic carbocycles. The number of likely N-dealkylation sites (N-methyl/N-ethyl adjacent to an activating group) is 1. The van der Waals surface area contributed by atoms with Gasteiger partial charge >= 0.3 is 0 Å². The third-order valence-corrected chi connectivity index (χ3v) is 4.39. The van der Waals surface area contributed by atoms with Crippen molar-refractivity contribution in [3.63, 3.8) is 0 Å². The first-order valence-electron chi connectivity index (χ1n) is 7.76. The lowest BCUT2D eigenvalue weighted by atomic mass is 10.0. The van der Waals surface area contributed by atoms with E-state index in [4.69, 9.17) is 4.74 Å². The van der Waals surface area contributed by atoms with E-state index in [0.717, 1.165) is 55.5 Å². The maximum absolute atomic E-state index is 5.45. The summed E-state index contributed by atoms with van der Waals surface area (Å²) in [5.41, 5.74) is 4.62. The summed E-state index contributed by atoms with van der Waals surface area (Å²) in [6, 6.07) is 2.09. The second-order valence-corrected chi connectivity index (χ2v) is 5.95. The summed E-state index contributed by atoms with van der Waals surface area (Å²) in [6.07, 6.45) is 3.66. The molecule has 1 saturated heterocycles. The Hall–Kier alpha value is -1.95. The number of hydrogen-bond acceptors (Lipinski definition) is 5. The molecule has 1 aliphatic heterocycles. The number of nitrogens with one attached hydrogen (secondary N) is 1. The monoisotopic (exact) mass is 301 g/mol. The van der Waals surface area contributed by atoms with Crippen molar-refractivity contribution in [3.8, 4) is 0 Å². The minimum atomic E-state index is 0.411. The van der Waals surface area contributed by atoms with Crippen LogP contribution >= 0.6 is 0 Å². The van der Waals surface area contributed by atoms with Crippen LogP contribution in [0.2, 0.25) is 0 Å². The molecule has 0 spiro atoms. The van der Waals surface area contributed by atoms with Gasteiger partial charge in [-0.3, -0.25) is 5.10 Å². The lowest BCUT2D eigenvalue weighted by molar-refractivity contribution is 0.193. The van der Waals surface area contributed by atoms with Crippen LogP contribution in [0.15, 0.2) is 12.4 Å². The number of aryl methyl sites for hydroxylation is 2. The Balaban J connectivity index is 1.67. The van der Waals surface area contributed by atoms with Gasteiger partial charge in [0.2, 0.25) is 0 Å². The van der Waals surface area contributed by atoms with E-state index in [2.05, 4.69) is 45.1 Å². The fraction of sp³-hybridized carbons (Fsp3) is 0.562. The first-order valence-corrected chi connectivity index (χ1v) is 7.76. The van der Waals surface area contributed by atoms with Gasteiger partial charge in [-0.25, -0.2) is 9.97 Å². The van der Waals surface area contributed by atoms with E-state index in [1.54, 1.807) is 6.33 Å². The van der Waals surface area contributed by atoms with E-state index in [1.165, 1.54) is 5.56 Å². The van der Waals surface area contributed by atoms with Crippen molar-refractivity contribution >= 4 is 5.82 Å². The van der Waals surface area contributed by atoms with Crippen molar-refractivity contribution in [1.29, 1.82) is 0 Å². The largest absolute Gasteiger partial charge is 0.381 e. The Morgan fingerprint density at radius 1 is 1.36 bits per heavy atom. The first kappa shape index (κ1) is 15.0. The summed E-state index contributed by atoms with van der Waals surface area (Å²) in [6.45, 7) is 6.62. The van der Waals surface area contributed by atoms with Crippen molar-refractivity contribution in [2.75, 3.05) is 31.7 Å². The normalized spacial score (nSPS) is 17.9. The smallest absolute Gasteiger partial charge is 0.131 e. The van der Waals surface area contributed by atoms with Crippen LogP contribution in [0, 0.1) is 13.8 Å². The summed E-state index contributed by atoms with van der Waals surface area (Å²) >= 11 is 0. The molecular formula is C16H23N5O. The van der Waals surface area contributed by atoms with Crippen LogP contribution in [0.5, 0.6) is 0 Å². The summed E-state index contributed by atoms with van der Waals surface area (Å²) < 4.78 is 5.45. The molecule has 6 nitrogen and oxygen atoms in total. The summed E-state index contributed by atoms with van der Waals surface area (Å²) in [4.78, 5) is 11.0. The van der Waals surface area contributed by atoms with E-state index in [0.29, 0.717) is 5.92 Å². The molecule has 2 aromatic rings. The topological polar surface area (TPSA) is 66.9 Å². The molecule has 3 heterocycles. The van der Waals surface area contributed by atoms with Gasteiger partial charge < -0.3 is 9.64 Å². The molecule has 0 amide bonds. The number of aromatic amines is 1. The van der Waals surface area contributed by atoms with Gasteiger partial charge in [-0.1, -0.05) is 0 Å². The average molecular weight is 301 g/mol. The fourth-order valence-electron chi connectivity index (χ4n) is 2.90. The van der Waals surface area contributed by atoms with Crippen LogP contribution in [-0.4, -0.2) is 47.0 Å². The Labute approximate surface area is 130 Å². The van der Waals surface area contributed by atoms with Crippen LogP contribution in [-0.2, 0) is 11.2 Å². The van der Waals surface area contributed by atoms with Crippen LogP contribution in [0.25, 0.3) is 0 Å². The van der Waals surface area contributed by atoms with Gasteiger partial charge in [-0.05, 0) is 32.3 Å². The number of ether oxygens (including phenoxy) is 1. The summed E-state index contributed by atoms with van der Waals surface area (Å²) in [5.74, 6) is 1.38. The molecule has 1 aliphatic rings. The predicted octanol–water partition coefficient (Wildman–Crippen LogP) is 2.00. The SMILES string of the molecule is Cc1n[nH]c(C)c1CCN(C)c1cc([C@H]2CCOC2)ncn1. The molecule has 1 atom stereocenters. The molecule has 1 N–H and O–H groups in total. The minimum absolute atomic E-state index is 0.411. The Kier molecular flexibility index (Phi) is 4.38. The zero-order valence-corrected chi connectivity index (χ0v) is 13.5. The van der Waals surface area contributed by atoms with Gasteiger partial charge in [0.1, 0.15) is 12.1 Å². The number of aromatic nitrogens is 4. The van der Waals surface area contributed by atoms with Crippen molar-refractivity contribution < 1.29 is 4.74 Å². The summed E-state index contributed by atoms with van der Waals surface area (Å²) in [5, 5.41) is 7.29. The van der Waals surface area contributed by atoms with Crippen molar-refractivity contribution in [1.82, 2.24) is 20.2 Å². The third-order valence-electron chi connectivity index (χ3n) is 4.39. The predicted molar refractivity (Wildman–Crippen MR) is 85.2 cm³/mol. The maximum Gasteiger partial charge on any atom is 0.131 e. The number of anilines is 1. The van der Waals surface area contributed by atoms with Gasteiger partial charge in [0.25, 0.3) is 0 Å². The van der Waals surface area contributed by atoms with E-state index in [-0.39, 0.29) is 0 Å². The van der Waals surface area contributed by atoms with Gasteiger partial charge in [0.05, 0.1) is 18.0 Å². The molecule has 0 saturated carbocycles. The second kappa shape index (κ2) is 6.44. The van der Waals surface area contributed by atoms with E-state index >= 15 is 0 Å². The van der Waals surface area contributed by atoms with Crippen LogP contribution in [0.4, 0.5) is 5.82 Å². The molecule has 3 rings (SSSR count).